The van der Waals surface area contributed by atoms with Crippen molar-refractivity contribution in [3.05, 3.63) is 16.1 Å². The molecule has 4 heteroatoms. The molecule has 0 fully saturated rings. The minimum Gasteiger partial charge on any atom is -0.396 e. The van der Waals surface area contributed by atoms with Crippen LogP contribution in [0.3, 0.4) is 0 Å². The molecular formula is C8H15BrNOS+. The number of aliphatic hydroxyl groups excluding tert-OH is 1. The zero-order valence-electron chi connectivity index (χ0n) is 7.41. The third-order valence-electron chi connectivity index (χ3n) is 1.84. The Balaban J connectivity index is 0.00000121. The summed E-state index contributed by atoms with van der Waals surface area (Å²) in [5, 5.41) is 8.72. The van der Waals surface area contributed by atoms with E-state index >= 15 is 0 Å². The molecule has 1 aromatic heterocycles. The number of aromatic nitrogens is 1. The van der Waals surface area contributed by atoms with Crippen molar-refractivity contribution in [3.8, 4) is 0 Å². The monoisotopic (exact) mass is 252 g/mol. The van der Waals surface area contributed by atoms with E-state index in [9.17, 15) is 0 Å². The largest absolute Gasteiger partial charge is 0.396 e. The van der Waals surface area contributed by atoms with Gasteiger partial charge in [-0.15, -0.1) is 17.0 Å². The first kappa shape index (κ1) is 12.1. The van der Waals surface area contributed by atoms with Crippen LogP contribution in [0.2, 0.25) is 0 Å². The predicted octanol–water partition coefficient (Wildman–Crippen LogP) is 1.48. The van der Waals surface area contributed by atoms with Crippen molar-refractivity contribution in [2.45, 2.75) is 26.8 Å². The van der Waals surface area contributed by atoms with Crippen molar-refractivity contribution >= 4 is 28.3 Å². The van der Waals surface area contributed by atoms with Crippen LogP contribution < -0.4 is 4.57 Å². The molecule has 0 saturated carbocycles. The van der Waals surface area contributed by atoms with E-state index in [1.165, 1.54) is 10.6 Å². The Labute approximate surface area is 87.6 Å². The Hall–Kier alpha value is 0.0700. The SMILES string of the molecule is Br.CC[n+]1csc(CCO)c1C. The molecule has 2 nitrogen and oxygen atoms in total. The Kier molecular flexibility index (Phi) is 5.70. The second-order valence-electron chi connectivity index (χ2n) is 2.49. The third kappa shape index (κ3) is 2.54. The van der Waals surface area contributed by atoms with E-state index < -0.39 is 0 Å². The summed E-state index contributed by atoms with van der Waals surface area (Å²) in [5.41, 5.74) is 3.41. The second-order valence-corrected chi connectivity index (χ2v) is 3.43. The molecule has 0 aliphatic carbocycles. The summed E-state index contributed by atoms with van der Waals surface area (Å²) < 4.78 is 2.20. The Morgan fingerprint density at radius 2 is 2.25 bits per heavy atom. The van der Waals surface area contributed by atoms with Crippen molar-refractivity contribution in [3.63, 3.8) is 0 Å². The van der Waals surface area contributed by atoms with Crippen molar-refractivity contribution in [2.24, 2.45) is 0 Å². The van der Waals surface area contributed by atoms with Crippen LogP contribution in [0.15, 0.2) is 5.51 Å². The molecule has 0 saturated heterocycles. The molecule has 0 bridgehead atoms. The first-order valence-electron chi connectivity index (χ1n) is 3.86. The summed E-state index contributed by atoms with van der Waals surface area (Å²) in [5.74, 6) is 0. The van der Waals surface area contributed by atoms with Crippen molar-refractivity contribution in [1.82, 2.24) is 0 Å². The zero-order valence-corrected chi connectivity index (χ0v) is 9.94. The van der Waals surface area contributed by atoms with Gasteiger partial charge in [-0.25, -0.2) is 0 Å². The van der Waals surface area contributed by atoms with E-state index in [-0.39, 0.29) is 23.6 Å². The van der Waals surface area contributed by atoms with Crippen molar-refractivity contribution in [1.29, 1.82) is 0 Å². The van der Waals surface area contributed by atoms with Gasteiger partial charge in [-0.3, -0.25) is 0 Å². The lowest BCUT2D eigenvalue weighted by Gasteiger charge is -1.90. The highest BCUT2D eigenvalue weighted by Crippen LogP contribution is 2.10. The summed E-state index contributed by atoms with van der Waals surface area (Å²) in [6.07, 6.45) is 0.795. The maximum absolute atomic E-state index is 8.72. The fraction of sp³-hybridized carbons (Fsp3) is 0.625. The third-order valence-corrected chi connectivity index (χ3v) is 2.98. The standard InChI is InChI=1S/C8H14NOS.BrH/c1-3-9-6-11-8(4-5-10)7(9)2;/h6,10H,3-5H2,1-2H3;1H/q+1;. The first-order chi connectivity index (χ1) is 5.29. The molecule has 70 valence electrons. The molecule has 0 aliphatic rings. The van der Waals surface area contributed by atoms with Crippen LogP contribution >= 0.6 is 28.3 Å². The van der Waals surface area contributed by atoms with Gasteiger partial charge >= 0.3 is 0 Å². The van der Waals surface area contributed by atoms with Crippen LogP contribution in [0.5, 0.6) is 0 Å². The van der Waals surface area contributed by atoms with Gasteiger partial charge in [-0.05, 0) is 6.92 Å². The molecule has 1 heterocycles. The van der Waals surface area contributed by atoms with Crippen molar-refractivity contribution < 1.29 is 9.67 Å². The number of hydrogen-bond acceptors (Lipinski definition) is 2. The maximum Gasteiger partial charge on any atom is 0.225 e. The molecule has 0 unspecified atom stereocenters. The van der Waals surface area contributed by atoms with Gasteiger partial charge in [0, 0.05) is 20.0 Å². The Bertz CT molecular complexity index is 237. The van der Waals surface area contributed by atoms with Crippen LogP contribution in [-0.4, -0.2) is 11.7 Å². The number of aliphatic hydroxyl groups is 1. The number of aryl methyl sites for hydroxylation is 1. The van der Waals surface area contributed by atoms with Crippen molar-refractivity contribution in [2.75, 3.05) is 6.61 Å². The van der Waals surface area contributed by atoms with Crippen LogP contribution in [0.4, 0.5) is 0 Å². The average molecular weight is 253 g/mol. The molecule has 0 radical (unpaired) electrons. The van der Waals surface area contributed by atoms with Crippen LogP contribution in [0, 0.1) is 6.92 Å². The number of thiazole rings is 1. The highest BCUT2D eigenvalue weighted by atomic mass is 79.9. The van der Waals surface area contributed by atoms with E-state index in [4.69, 9.17) is 5.11 Å². The fourth-order valence-electron chi connectivity index (χ4n) is 1.10. The van der Waals surface area contributed by atoms with Gasteiger partial charge in [0.25, 0.3) is 0 Å². The van der Waals surface area contributed by atoms with Gasteiger partial charge in [-0.1, -0.05) is 11.3 Å². The lowest BCUT2D eigenvalue weighted by molar-refractivity contribution is -0.694. The number of nitrogens with zero attached hydrogens (tertiary/aromatic N) is 1. The molecule has 12 heavy (non-hydrogen) atoms. The molecule has 0 amide bonds. The minimum atomic E-state index is 0. The molecule has 0 aliphatic heterocycles. The number of rotatable bonds is 3. The molecule has 1 rings (SSSR count). The van der Waals surface area contributed by atoms with Gasteiger partial charge in [0.05, 0.1) is 4.88 Å². The van der Waals surface area contributed by atoms with Crippen LogP contribution in [-0.2, 0) is 13.0 Å². The lowest BCUT2D eigenvalue weighted by Crippen LogP contribution is -2.32. The molecule has 0 aromatic carbocycles. The summed E-state index contributed by atoms with van der Waals surface area (Å²) in [7, 11) is 0. The molecule has 1 N–H and O–H groups in total. The predicted molar refractivity (Wildman–Crippen MR) is 56.0 cm³/mol. The number of halogens is 1. The molecule has 0 atom stereocenters. The topological polar surface area (TPSA) is 24.1 Å². The lowest BCUT2D eigenvalue weighted by atomic mass is 10.3. The highest BCUT2D eigenvalue weighted by molar-refractivity contribution is 8.93. The van der Waals surface area contributed by atoms with Gasteiger partial charge in [0.1, 0.15) is 6.54 Å². The summed E-state index contributed by atoms with van der Waals surface area (Å²) >= 11 is 1.73. The smallest absolute Gasteiger partial charge is 0.225 e. The van der Waals surface area contributed by atoms with Crippen LogP contribution in [0.1, 0.15) is 17.5 Å². The van der Waals surface area contributed by atoms with Gasteiger partial charge in [0.2, 0.25) is 5.51 Å². The summed E-state index contributed by atoms with van der Waals surface area (Å²) in [4.78, 5) is 1.30. The molecular weight excluding hydrogens is 238 g/mol. The average Bonchev–Trinajstić information content (AvgIpc) is 2.34. The van der Waals surface area contributed by atoms with Crippen LogP contribution in [0.25, 0.3) is 0 Å². The van der Waals surface area contributed by atoms with E-state index in [1.807, 2.05) is 0 Å². The normalized spacial score (nSPS) is 9.58. The summed E-state index contributed by atoms with van der Waals surface area (Å²) in [6.45, 7) is 5.51. The van der Waals surface area contributed by atoms with Gasteiger partial charge < -0.3 is 5.11 Å². The Morgan fingerprint density at radius 1 is 1.58 bits per heavy atom. The minimum absolute atomic E-state index is 0. The molecule has 0 spiro atoms. The maximum atomic E-state index is 8.72. The zero-order chi connectivity index (χ0) is 8.27. The van der Waals surface area contributed by atoms with Gasteiger partial charge in [0.15, 0.2) is 5.69 Å². The van der Waals surface area contributed by atoms with E-state index in [0.717, 1.165) is 13.0 Å². The summed E-state index contributed by atoms with van der Waals surface area (Å²) in [6, 6.07) is 0. The molecule has 1 aromatic rings. The number of hydrogen-bond donors (Lipinski definition) is 1. The fourth-order valence-corrected chi connectivity index (χ4v) is 2.16. The van der Waals surface area contributed by atoms with E-state index in [1.54, 1.807) is 11.3 Å². The van der Waals surface area contributed by atoms with E-state index in [0.29, 0.717) is 0 Å². The second kappa shape index (κ2) is 5.67. The quantitative estimate of drug-likeness (QED) is 0.810. The van der Waals surface area contributed by atoms with E-state index in [2.05, 4.69) is 23.9 Å². The highest BCUT2D eigenvalue weighted by Gasteiger charge is 2.11. The Morgan fingerprint density at radius 3 is 2.67 bits per heavy atom. The van der Waals surface area contributed by atoms with Gasteiger partial charge in [-0.2, -0.15) is 4.57 Å². The first-order valence-corrected chi connectivity index (χ1v) is 4.74.